The van der Waals surface area contributed by atoms with Gasteiger partial charge in [0.2, 0.25) is 5.71 Å². The predicted octanol–water partition coefficient (Wildman–Crippen LogP) is 16.0. The fraction of sp³-hybridized carbons (Fsp3) is 0.316. The van der Waals surface area contributed by atoms with E-state index in [0.717, 1.165) is 34.0 Å². The summed E-state index contributed by atoms with van der Waals surface area (Å²) in [5.41, 5.74) is 5.49. The van der Waals surface area contributed by atoms with Gasteiger partial charge in [-0.05, 0) is 180 Å². The van der Waals surface area contributed by atoms with Crippen LogP contribution in [-0.4, -0.2) is 15.0 Å². The van der Waals surface area contributed by atoms with Gasteiger partial charge >= 0.3 is 0 Å². The molecule has 9 rings (SSSR count). The Labute approximate surface area is 385 Å². The van der Waals surface area contributed by atoms with E-state index in [-0.39, 0.29) is 61.5 Å². The van der Waals surface area contributed by atoms with E-state index in [1.165, 1.54) is 18.2 Å². The number of benzene rings is 4. The van der Waals surface area contributed by atoms with Gasteiger partial charge in [0.25, 0.3) is 0 Å². The van der Waals surface area contributed by atoms with Crippen molar-refractivity contribution in [3.8, 4) is 56.3 Å². The van der Waals surface area contributed by atoms with E-state index in [1.807, 2.05) is 19.9 Å². The molecule has 0 radical (unpaired) electrons. The summed E-state index contributed by atoms with van der Waals surface area (Å²) in [4.78, 5) is 13.8. The molecule has 62 heavy (non-hydrogen) atoms. The molecule has 0 atom stereocenters. The Morgan fingerprint density at radius 2 is 1.39 bits per heavy atom. The zero-order chi connectivity index (χ0) is 54.8. The van der Waals surface area contributed by atoms with E-state index in [1.54, 1.807) is 60.8 Å². The van der Waals surface area contributed by atoms with Crippen LogP contribution in [0.2, 0.25) is 0 Å². The maximum Gasteiger partial charge on any atom is 0.227 e. The highest BCUT2D eigenvalue weighted by atomic mass is 16.5. The molecule has 0 N–H and O–H groups in total. The largest absolute Gasteiger partial charge is 0.457 e. The molecular weight excluding hydrogens is 759 g/mol. The van der Waals surface area contributed by atoms with Crippen molar-refractivity contribution in [1.29, 1.82) is 0 Å². The molecule has 0 bridgehead atoms. The van der Waals surface area contributed by atoms with E-state index >= 15 is 0 Å². The molecule has 4 aromatic carbocycles. The highest BCUT2D eigenvalue weighted by Crippen LogP contribution is 2.63. The van der Waals surface area contributed by atoms with Crippen molar-refractivity contribution >= 4 is 22.1 Å². The van der Waals surface area contributed by atoms with Crippen molar-refractivity contribution in [3.05, 3.63) is 149 Å². The number of aromatic nitrogens is 3. The SMILES string of the molecule is [2H]C([2H])([2H])c1ccc2c(n1)oc1c(-c3cc(-c4ccc(C5([2H])CC(C)(C)C(C)(C)C(C)(C)C5)cc4C)c(C)cn3)cc(Oc3cc(-c4cc(C([2H])([2H])[2H])c(C([2H])([2H])[2H])cn4)cc(-c4ccccc4)c3C([2H])([2H])[2H])cc12. The van der Waals surface area contributed by atoms with E-state index in [9.17, 15) is 1.37 Å². The monoisotopic (exact) mass is 831 g/mol. The van der Waals surface area contributed by atoms with Crippen LogP contribution < -0.4 is 4.74 Å². The van der Waals surface area contributed by atoms with Gasteiger partial charge in [-0.3, -0.25) is 9.97 Å². The smallest absolute Gasteiger partial charge is 0.227 e. The standard InChI is InChI=1S/C57H59N3O2/c1-33-23-50(58-31-35(33)3)41-24-47(39-16-14-13-15-17-39)38(6)52(25-41)61-43-26-48-45-20-18-37(5)60-54(45)62-53(48)49(27-43)51-28-46(36(4)32-59-51)44-21-19-40(22-34(44)2)42-29-55(7,8)57(11,12)56(9,10)30-42/h13-28,31-32,42H,29-30H2,1-12H3/i1D3,3D3,5D3,6D3,42D. The Morgan fingerprint density at radius 3 is 2.11 bits per heavy atom. The summed E-state index contributed by atoms with van der Waals surface area (Å²) in [6, 6.07) is 27.5. The number of aryl methyl sites for hydroxylation is 5. The van der Waals surface area contributed by atoms with Crippen molar-refractivity contribution in [1.82, 2.24) is 15.0 Å². The van der Waals surface area contributed by atoms with Crippen molar-refractivity contribution in [3.63, 3.8) is 0 Å². The quantitative estimate of drug-likeness (QED) is 0.160. The maximum atomic E-state index is 9.96. The summed E-state index contributed by atoms with van der Waals surface area (Å²) in [6.45, 7) is 6.79. The summed E-state index contributed by atoms with van der Waals surface area (Å²) >= 11 is 0. The Kier molecular flexibility index (Phi) is 6.94. The topological polar surface area (TPSA) is 61.0 Å². The number of nitrogens with zero attached hydrogens (tertiary/aromatic N) is 3. The van der Waals surface area contributed by atoms with Gasteiger partial charge in [0.15, 0.2) is 0 Å². The zero-order valence-corrected chi connectivity index (χ0v) is 36.5. The lowest BCUT2D eigenvalue weighted by atomic mass is 9.46. The fourth-order valence-corrected chi connectivity index (χ4v) is 9.25. The Morgan fingerprint density at radius 1 is 0.629 bits per heavy atom. The first kappa shape index (κ1) is 28.5. The molecule has 5 heteroatoms. The molecule has 0 spiro atoms. The molecule has 1 aliphatic rings. The first-order chi connectivity index (χ1) is 34.6. The van der Waals surface area contributed by atoms with E-state index < -0.39 is 44.4 Å². The second-order valence-corrected chi connectivity index (χ2v) is 18.7. The van der Waals surface area contributed by atoms with Crippen molar-refractivity contribution in [2.75, 3.05) is 0 Å². The molecule has 8 aromatic rings. The second kappa shape index (κ2) is 15.1. The number of hydrogen-bond acceptors (Lipinski definition) is 5. The number of fused-ring (bicyclic) bond motifs is 3. The first-order valence-corrected chi connectivity index (χ1v) is 21.0. The van der Waals surface area contributed by atoms with Crippen LogP contribution in [0.4, 0.5) is 0 Å². The van der Waals surface area contributed by atoms with Crippen LogP contribution in [-0.2, 0) is 0 Å². The highest BCUT2D eigenvalue weighted by molar-refractivity contribution is 6.09. The normalized spacial score (nSPS) is 20.4. The van der Waals surface area contributed by atoms with Crippen molar-refractivity contribution in [2.24, 2.45) is 16.2 Å². The molecule has 0 amide bonds. The summed E-state index contributed by atoms with van der Waals surface area (Å²) in [5, 5.41) is 0.920. The molecule has 1 saturated carbocycles. The van der Waals surface area contributed by atoms with Gasteiger partial charge in [-0.2, -0.15) is 0 Å². The van der Waals surface area contributed by atoms with Crippen LogP contribution in [0.5, 0.6) is 11.5 Å². The van der Waals surface area contributed by atoms with E-state index in [0.29, 0.717) is 46.0 Å². The Hall–Kier alpha value is -6.07. The molecule has 0 unspecified atom stereocenters. The second-order valence-electron chi connectivity index (χ2n) is 18.7. The predicted molar refractivity (Wildman–Crippen MR) is 257 cm³/mol. The van der Waals surface area contributed by atoms with Crippen LogP contribution in [0.25, 0.3) is 66.8 Å². The van der Waals surface area contributed by atoms with Gasteiger partial charge in [-0.15, -0.1) is 0 Å². The number of rotatable bonds is 7. The van der Waals surface area contributed by atoms with Crippen LogP contribution in [0.1, 0.15) is 117 Å². The Balaban J connectivity index is 1.24. The summed E-state index contributed by atoms with van der Waals surface area (Å²) < 4.78 is 123. The Bertz CT molecular complexity index is 3530. The van der Waals surface area contributed by atoms with Gasteiger partial charge in [0.1, 0.15) is 17.1 Å². The molecule has 4 aromatic heterocycles. The van der Waals surface area contributed by atoms with Gasteiger partial charge < -0.3 is 9.15 Å². The van der Waals surface area contributed by atoms with Gasteiger partial charge in [-0.1, -0.05) is 90.1 Å². The minimum absolute atomic E-state index is 0.000363. The highest BCUT2D eigenvalue weighted by Gasteiger charge is 2.53. The molecule has 0 saturated heterocycles. The fourth-order valence-electron chi connectivity index (χ4n) is 9.25. The minimum atomic E-state index is -2.84. The summed E-state index contributed by atoms with van der Waals surface area (Å²) in [6.07, 6.45) is 4.18. The molecule has 314 valence electrons. The first-order valence-electron chi connectivity index (χ1n) is 27.5. The van der Waals surface area contributed by atoms with E-state index in [2.05, 4.69) is 69.7 Å². The number of pyridine rings is 3. The third-order valence-electron chi connectivity index (χ3n) is 14.0. The summed E-state index contributed by atoms with van der Waals surface area (Å²) in [5.74, 6) is -0.798. The lowest BCUT2D eigenvalue weighted by molar-refractivity contribution is -0.0744. The maximum absolute atomic E-state index is 9.96. The molecular formula is C57H59N3O2. The van der Waals surface area contributed by atoms with E-state index in [4.69, 9.17) is 30.6 Å². The third-order valence-corrected chi connectivity index (χ3v) is 14.0. The number of furan rings is 1. The molecule has 0 aliphatic heterocycles. The average Bonchev–Trinajstić information content (AvgIpc) is 3.67. The lowest BCUT2D eigenvalue weighted by Gasteiger charge is -2.59. The van der Waals surface area contributed by atoms with Crippen LogP contribution >= 0.6 is 0 Å². The van der Waals surface area contributed by atoms with Crippen molar-refractivity contribution < 1.29 is 27.0 Å². The minimum Gasteiger partial charge on any atom is -0.457 e. The van der Waals surface area contributed by atoms with Crippen LogP contribution in [0.15, 0.2) is 114 Å². The van der Waals surface area contributed by atoms with Gasteiger partial charge in [0.05, 0.1) is 11.4 Å². The number of hydrogen-bond donors (Lipinski definition) is 0. The van der Waals surface area contributed by atoms with Crippen LogP contribution in [0.3, 0.4) is 0 Å². The average molecular weight is 831 g/mol. The molecule has 5 nitrogen and oxygen atoms in total. The number of ether oxygens (including phenoxy) is 1. The molecule has 4 heterocycles. The van der Waals surface area contributed by atoms with Gasteiger partial charge in [-0.25, -0.2) is 4.98 Å². The third kappa shape index (κ3) is 7.09. The zero-order valence-electron chi connectivity index (χ0n) is 49.5. The molecule has 1 fully saturated rings. The molecule has 1 aliphatic carbocycles. The van der Waals surface area contributed by atoms with Crippen molar-refractivity contribution in [2.45, 2.75) is 102 Å². The lowest BCUT2D eigenvalue weighted by Crippen LogP contribution is -2.49. The van der Waals surface area contributed by atoms with Crippen LogP contribution in [0, 0.1) is 57.5 Å². The van der Waals surface area contributed by atoms with Gasteiger partial charge in [0, 0.05) is 57.8 Å². The summed E-state index contributed by atoms with van der Waals surface area (Å²) in [7, 11) is 0.